The molecule has 0 heterocycles. The van der Waals surface area contributed by atoms with E-state index >= 15 is 0 Å². The smallest absolute Gasteiger partial charge is 0.249 e. The summed E-state index contributed by atoms with van der Waals surface area (Å²) in [5.74, 6) is 0.787. The van der Waals surface area contributed by atoms with E-state index in [4.69, 9.17) is 4.74 Å². The van der Waals surface area contributed by atoms with Gasteiger partial charge in [0, 0.05) is 13.2 Å². The van der Waals surface area contributed by atoms with E-state index in [1.54, 1.807) is 14.0 Å². The first-order chi connectivity index (χ1) is 7.81. The number of rotatable bonds is 3. The van der Waals surface area contributed by atoms with E-state index in [9.17, 15) is 4.79 Å². The fraction of sp³-hybridized carbons (Fsp3) is 0.929. The van der Waals surface area contributed by atoms with Crippen molar-refractivity contribution >= 4 is 5.91 Å². The number of amides is 1. The highest BCUT2D eigenvalue weighted by molar-refractivity contribution is 5.80. The van der Waals surface area contributed by atoms with Crippen LogP contribution in [0.3, 0.4) is 0 Å². The van der Waals surface area contributed by atoms with Gasteiger partial charge in [-0.2, -0.15) is 0 Å². The second kappa shape index (κ2) is 3.98. The lowest BCUT2D eigenvalue weighted by Crippen LogP contribution is -2.54. The summed E-state index contributed by atoms with van der Waals surface area (Å²) in [5, 5.41) is 3.23. The predicted molar refractivity (Wildman–Crippen MR) is 67.6 cm³/mol. The summed E-state index contributed by atoms with van der Waals surface area (Å²) in [5.41, 5.74) is 0.507. The standard InChI is InChI=1S/C14H25NO2/c1-9(17-5)11(16)15-12-13(2,3)10-6-7-14(12,4)8-10/h9-10,12H,6-8H2,1-5H3,(H,15,16). The van der Waals surface area contributed by atoms with Gasteiger partial charge in [0.1, 0.15) is 6.10 Å². The lowest BCUT2D eigenvalue weighted by molar-refractivity contribution is -0.132. The fourth-order valence-corrected chi connectivity index (χ4v) is 4.03. The summed E-state index contributed by atoms with van der Waals surface area (Å²) in [6.07, 6.45) is 3.46. The molecule has 4 unspecified atom stereocenters. The monoisotopic (exact) mass is 239 g/mol. The summed E-state index contributed by atoms with van der Waals surface area (Å²) >= 11 is 0. The number of hydrogen-bond acceptors (Lipinski definition) is 2. The van der Waals surface area contributed by atoms with Gasteiger partial charge in [0.2, 0.25) is 5.91 Å². The van der Waals surface area contributed by atoms with Crippen LogP contribution in [0.25, 0.3) is 0 Å². The number of nitrogens with one attached hydrogen (secondary N) is 1. The normalized spacial score (nSPS) is 40.3. The molecule has 2 aliphatic rings. The summed E-state index contributed by atoms with van der Waals surface area (Å²) in [6, 6.07) is 0.291. The number of carbonyl (C=O) groups is 1. The molecule has 1 amide bonds. The van der Waals surface area contributed by atoms with E-state index in [1.165, 1.54) is 19.3 Å². The quantitative estimate of drug-likeness (QED) is 0.821. The SMILES string of the molecule is COC(C)C(=O)NC1C2(C)CCC(C2)C1(C)C. The highest BCUT2D eigenvalue weighted by atomic mass is 16.5. The minimum Gasteiger partial charge on any atom is -0.372 e. The Morgan fingerprint density at radius 3 is 2.53 bits per heavy atom. The van der Waals surface area contributed by atoms with Gasteiger partial charge in [-0.15, -0.1) is 0 Å². The predicted octanol–water partition coefficient (Wildman–Crippen LogP) is 2.35. The number of fused-ring (bicyclic) bond motifs is 2. The third-order valence-corrected chi connectivity index (χ3v) is 5.28. The van der Waals surface area contributed by atoms with E-state index in [-0.39, 0.29) is 22.8 Å². The summed E-state index contributed by atoms with van der Waals surface area (Å²) in [7, 11) is 1.58. The van der Waals surface area contributed by atoms with Crippen LogP contribution in [-0.2, 0) is 9.53 Å². The van der Waals surface area contributed by atoms with Gasteiger partial charge < -0.3 is 10.1 Å². The van der Waals surface area contributed by atoms with Gasteiger partial charge in [0.05, 0.1) is 0 Å². The molecule has 3 heteroatoms. The molecule has 2 bridgehead atoms. The van der Waals surface area contributed by atoms with Crippen LogP contribution in [0.4, 0.5) is 0 Å². The molecule has 2 fully saturated rings. The van der Waals surface area contributed by atoms with E-state index < -0.39 is 0 Å². The van der Waals surface area contributed by atoms with Crippen LogP contribution >= 0.6 is 0 Å². The summed E-state index contributed by atoms with van der Waals surface area (Å²) < 4.78 is 5.09. The van der Waals surface area contributed by atoms with Crippen molar-refractivity contribution in [1.82, 2.24) is 5.32 Å². The number of hydrogen-bond donors (Lipinski definition) is 1. The largest absolute Gasteiger partial charge is 0.372 e. The highest BCUT2D eigenvalue weighted by Crippen LogP contribution is 2.62. The van der Waals surface area contributed by atoms with Crippen LogP contribution in [0.1, 0.15) is 47.0 Å². The van der Waals surface area contributed by atoms with E-state index in [2.05, 4.69) is 26.1 Å². The van der Waals surface area contributed by atoms with Crippen molar-refractivity contribution in [2.45, 2.75) is 59.1 Å². The average molecular weight is 239 g/mol. The molecule has 98 valence electrons. The Morgan fingerprint density at radius 2 is 2.06 bits per heavy atom. The van der Waals surface area contributed by atoms with Gasteiger partial charge in [-0.1, -0.05) is 20.8 Å². The zero-order valence-electron chi connectivity index (χ0n) is 11.7. The third-order valence-electron chi connectivity index (χ3n) is 5.28. The topological polar surface area (TPSA) is 38.3 Å². The van der Waals surface area contributed by atoms with Crippen LogP contribution < -0.4 is 5.32 Å². The molecule has 0 aliphatic heterocycles. The first-order valence-electron chi connectivity index (χ1n) is 6.64. The van der Waals surface area contributed by atoms with Crippen LogP contribution in [0.15, 0.2) is 0 Å². The van der Waals surface area contributed by atoms with Crippen molar-refractivity contribution in [3.63, 3.8) is 0 Å². The van der Waals surface area contributed by atoms with E-state index in [1.807, 2.05) is 0 Å². The second-order valence-corrected chi connectivity index (χ2v) is 6.73. The Labute approximate surface area is 104 Å². The maximum Gasteiger partial charge on any atom is 0.249 e. The number of carbonyl (C=O) groups excluding carboxylic acids is 1. The van der Waals surface area contributed by atoms with Crippen molar-refractivity contribution in [2.24, 2.45) is 16.7 Å². The molecular weight excluding hydrogens is 214 g/mol. The van der Waals surface area contributed by atoms with Gasteiger partial charge in [-0.3, -0.25) is 4.79 Å². The Bertz CT molecular complexity index is 321. The Morgan fingerprint density at radius 1 is 1.41 bits per heavy atom. The first kappa shape index (κ1) is 12.9. The van der Waals surface area contributed by atoms with Gasteiger partial charge in [-0.05, 0) is 42.9 Å². The Hall–Kier alpha value is -0.570. The Kier molecular flexibility index (Phi) is 3.01. The lowest BCUT2D eigenvalue weighted by atomic mass is 9.68. The highest BCUT2D eigenvalue weighted by Gasteiger charge is 2.59. The molecule has 0 aromatic heterocycles. The molecule has 0 radical (unpaired) electrons. The molecule has 0 saturated heterocycles. The van der Waals surface area contributed by atoms with Crippen LogP contribution in [0, 0.1) is 16.7 Å². The molecule has 0 spiro atoms. The van der Waals surface area contributed by atoms with Crippen LogP contribution in [0.5, 0.6) is 0 Å². The Balaban J connectivity index is 2.13. The molecule has 4 atom stereocenters. The van der Waals surface area contributed by atoms with Gasteiger partial charge in [-0.25, -0.2) is 0 Å². The van der Waals surface area contributed by atoms with Gasteiger partial charge in [0.15, 0.2) is 0 Å². The van der Waals surface area contributed by atoms with Crippen molar-refractivity contribution in [2.75, 3.05) is 7.11 Å². The summed E-state index contributed by atoms with van der Waals surface area (Å²) in [4.78, 5) is 12.0. The molecule has 17 heavy (non-hydrogen) atoms. The molecule has 2 rings (SSSR count). The molecular formula is C14H25NO2. The van der Waals surface area contributed by atoms with Crippen LogP contribution in [0.2, 0.25) is 0 Å². The minimum absolute atomic E-state index is 0.0272. The second-order valence-electron chi connectivity index (χ2n) is 6.73. The van der Waals surface area contributed by atoms with Crippen molar-refractivity contribution in [3.05, 3.63) is 0 Å². The zero-order valence-corrected chi connectivity index (χ0v) is 11.7. The molecule has 0 aromatic rings. The van der Waals surface area contributed by atoms with Crippen LogP contribution in [-0.4, -0.2) is 25.2 Å². The third kappa shape index (κ3) is 1.88. The van der Waals surface area contributed by atoms with E-state index in [0.29, 0.717) is 6.04 Å². The summed E-state index contributed by atoms with van der Waals surface area (Å²) in [6.45, 7) is 8.72. The molecule has 2 saturated carbocycles. The maximum atomic E-state index is 12.0. The van der Waals surface area contributed by atoms with Gasteiger partial charge in [0.25, 0.3) is 0 Å². The van der Waals surface area contributed by atoms with Crippen molar-refractivity contribution in [3.8, 4) is 0 Å². The average Bonchev–Trinajstić information content (AvgIpc) is 2.74. The van der Waals surface area contributed by atoms with E-state index in [0.717, 1.165) is 5.92 Å². The minimum atomic E-state index is -0.353. The maximum absolute atomic E-state index is 12.0. The molecule has 0 aromatic carbocycles. The fourth-order valence-electron chi connectivity index (χ4n) is 4.03. The molecule has 3 nitrogen and oxygen atoms in total. The number of ether oxygens (including phenoxy) is 1. The zero-order chi connectivity index (χ0) is 12.8. The van der Waals surface area contributed by atoms with Crippen molar-refractivity contribution < 1.29 is 9.53 Å². The van der Waals surface area contributed by atoms with Crippen molar-refractivity contribution in [1.29, 1.82) is 0 Å². The first-order valence-corrected chi connectivity index (χ1v) is 6.64. The lowest BCUT2D eigenvalue weighted by Gasteiger charge is -2.43. The van der Waals surface area contributed by atoms with Gasteiger partial charge >= 0.3 is 0 Å². The molecule has 1 N–H and O–H groups in total. The molecule has 2 aliphatic carbocycles. The number of methoxy groups -OCH3 is 1.